The quantitative estimate of drug-likeness (QED) is 0.861. The molecule has 0 aliphatic carbocycles. The van der Waals surface area contributed by atoms with Crippen LogP contribution in [0.3, 0.4) is 0 Å². The van der Waals surface area contributed by atoms with E-state index in [0.717, 1.165) is 24.0 Å². The van der Waals surface area contributed by atoms with E-state index < -0.39 is 0 Å². The van der Waals surface area contributed by atoms with Crippen molar-refractivity contribution >= 4 is 11.6 Å². The number of hydrogen-bond donors (Lipinski definition) is 1. The van der Waals surface area contributed by atoms with Crippen LogP contribution < -0.4 is 5.32 Å². The standard InChI is InChI=1S/C18H29ClN2/c1-5-16-11-20-15(10-13(2)3)12-21(16)14(4)17-8-6-7-9-18(17)19/h6-9,13-16,20H,5,10-12H2,1-4H3. The summed E-state index contributed by atoms with van der Waals surface area (Å²) >= 11 is 6.41. The summed E-state index contributed by atoms with van der Waals surface area (Å²) in [4.78, 5) is 2.64. The number of piperazine rings is 1. The van der Waals surface area contributed by atoms with Gasteiger partial charge in [-0.3, -0.25) is 4.90 Å². The molecule has 1 N–H and O–H groups in total. The number of rotatable bonds is 5. The Kier molecular flexibility index (Phi) is 6.09. The molecule has 3 heteroatoms. The van der Waals surface area contributed by atoms with E-state index in [9.17, 15) is 0 Å². The molecule has 118 valence electrons. The normalized spacial score (nSPS) is 25.2. The Labute approximate surface area is 134 Å². The zero-order chi connectivity index (χ0) is 15.4. The molecule has 1 saturated heterocycles. The first-order valence-electron chi connectivity index (χ1n) is 8.26. The predicted octanol–water partition coefficient (Wildman–Crippen LogP) is 4.50. The van der Waals surface area contributed by atoms with Crippen LogP contribution in [0.1, 0.15) is 52.1 Å². The molecule has 0 bridgehead atoms. The molecule has 1 aromatic carbocycles. The summed E-state index contributed by atoms with van der Waals surface area (Å²) in [5.74, 6) is 0.734. The van der Waals surface area contributed by atoms with Gasteiger partial charge in [-0.15, -0.1) is 0 Å². The highest BCUT2D eigenvalue weighted by Gasteiger charge is 2.31. The van der Waals surface area contributed by atoms with Crippen LogP contribution in [0.4, 0.5) is 0 Å². The van der Waals surface area contributed by atoms with Gasteiger partial charge in [0, 0.05) is 36.2 Å². The van der Waals surface area contributed by atoms with E-state index in [2.05, 4.69) is 50.0 Å². The van der Waals surface area contributed by atoms with Gasteiger partial charge in [-0.2, -0.15) is 0 Å². The van der Waals surface area contributed by atoms with Crippen molar-refractivity contribution in [1.29, 1.82) is 0 Å². The molecule has 0 amide bonds. The smallest absolute Gasteiger partial charge is 0.0453 e. The van der Waals surface area contributed by atoms with E-state index >= 15 is 0 Å². The number of hydrogen-bond acceptors (Lipinski definition) is 2. The molecule has 21 heavy (non-hydrogen) atoms. The molecular formula is C18H29ClN2. The van der Waals surface area contributed by atoms with Crippen LogP contribution in [-0.2, 0) is 0 Å². The van der Waals surface area contributed by atoms with Crippen molar-refractivity contribution in [2.24, 2.45) is 5.92 Å². The molecule has 3 atom stereocenters. The fourth-order valence-electron chi connectivity index (χ4n) is 3.46. The molecule has 0 spiro atoms. The zero-order valence-corrected chi connectivity index (χ0v) is 14.5. The largest absolute Gasteiger partial charge is 0.311 e. The zero-order valence-electron chi connectivity index (χ0n) is 13.8. The monoisotopic (exact) mass is 308 g/mol. The van der Waals surface area contributed by atoms with E-state index in [1.807, 2.05) is 12.1 Å². The SMILES string of the molecule is CCC1CNC(CC(C)C)CN1C(C)c1ccccc1Cl. The molecular weight excluding hydrogens is 280 g/mol. The third-order valence-corrected chi connectivity index (χ3v) is 4.97. The number of benzene rings is 1. The molecule has 0 aromatic heterocycles. The van der Waals surface area contributed by atoms with Gasteiger partial charge in [0.05, 0.1) is 0 Å². The maximum Gasteiger partial charge on any atom is 0.0453 e. The third-order valence-electron chi connectivity index (χ3n) is 4.62. The van der Waals surface area contributed by atoms with Crippen molar-refractivity contribution in [3.05, 3.63) is 34.9 Å². The van der Waals surface area contributed by atoms with Crippen molar-refractivity contribution in [1.82, 2.24) is 10.2 Å². The first-order valence-corrected chi connectivity index (χ1v) is 8.64. The van der Waals surface area contributed by atoms with Crippen molar-refractivity contribution in [3.63, 3.8) is 0 Å². The second-order valence-electron chi connectivity index (χ2n) is 6.69. The molecule has 0 radical (unpaired) electrons. The Morgan fingerprint density at radius 2 is 2.00 bits per heavy atom. The van der Waals surface area contributed by atoms with E-state index in [4.69, 9.17) is 11.6 Å². The predicted molar refractivity (Wildman–Crippen MR) is 91.9 cm³/mol. The van der Waals surface area contributed by atoms with E-state index in [0.29, 0.717) is 18.1 Å². The number of halogens is 1. The molecule has 1 aromatic rings. The molecule has 0 saturated carbocycles. The van der Waals surface area contributed by atoms with E-state index in [1.165, 1.54) is 18.4 Å². The average molecular weight is 309 g/mol. The Hall–Kier alpha value is -0.570. The van der Waals surface area contributed by atoms with Gasteiger partial charge < -0.3 is 5.32 Å². The molecule has 1 heterocycles. The number of nitrogens with one attached hydrogen (secondary N) is 1. The van der Waals surface area contributed by atoms with E-state index in [1.54, 1.807) is 0 Å². The molecule has 1 fully saturated rings. The summed E-state index contributed by atoms with van der Waals surface area (Å²) in [6.07, 6.45) is 2.42. The fourth-order valence-corrected chi connectivity index (χ4v) is 3.75. The molecule has 1 aliphatic heterocycles. The van der Waals surface area contributed by atoms with Crippen molar-refractivity contribution in [2.75, 3.05) is 13.1 Å². The van der Waals surface area contributed by atoms with Gasteiger partial charge in [0.2, 0.25) is 0 Å². The summed E-state index contributed by atoms with van der Waals surface area (Å²) in [7, 11) is 0. The topological polar surface area (TPSA) is 15.3 Å². The average Bonchev–Trinajstić information content (AvgIpc) is 2.46. The lowest BCUT2D eigenvalue weighted by molar-refractivity contribution is 0.0803. The Morgan fingerprint density at radius 1 is 1.29 bits per heavy atom. The van der Waals surface area contributed by atoms with Crippen LogP contribution in [-0.4, -0.2) is 30.1 Å². The Morgan fingerprint density at radius 3 is 2.62 bits per heavy atom. The third kappa shape index (κ3) is 4.21. The van der Waals surface area contributed by atoms with Gasteiger partial charge in [-0.1, -0.05) is 50.6 Å². The molecule has 2 rings (SSSR count). The first-order chi connectivity index (χ1) is 10.0. The first kappa shape index (κ1) is 16.8. The number of nitrogens with zero attached hydrogens (tertiary/aromatic N) is 1. The Balaban J connectivity index is 2.15. The second kappa shape index (κ2) is 7.62. The van der Waals surface area contributed by atoms with Gasteiger partial charge >= 0.3 is 0 Å². The van der Waals surface area contributed by atoms with Crippen LogP contribution in [0.2, 0.25) is 5.02 Å². The van der Waals surface area contributed by atoms with Crippen molar-refractivity contribution in [3.8, 4) is 0 Å². The highest BCUT2D eigenvalue weighted by Crippen LogP contribution is 2.31. The lowest BCUT2D eigenvalue weighted by Crippen LogP contribution is -2.57. The lowest BCUT2D eigenvalue weighted by atomic mass is 9.96. The highest BCUT2D eigenvalue weighted by molar-refractivity contribution is 6.31. The summed E-state index contributed by atoms with van der Waals surface area (Å²) in [6, 6.07) is 9.83. The lowest BCUT2D eigenvalue weighted by Gasteiger charge is -2.44. The summed E-state index contributed by atoms with van der Waals surface area (Å²) in [6.45, 7) is 11.4. The summed E-state index contributed by atoms with van der Waals surface area (Å²) < 4.78 is 0. The van der Waals surface area contributed by atoms with Crippen LogP contribution in [0, 0.1) is 5.92 Å². The van der Waals surface area contributed by atoms with Crippen molar-refractivity contribution < 1.29 is 0 Å². The van der Waals surface area contributed by atoms with Crippen molar-refractivity contribution in [2.45, 2.75) is 58.7 Å². The minimum absolute atomic E-state index is 0.375. The maximum absolute atomic E-state index is 6.41. The molecule has 3 unspecified atom stereocenters. The van der Waals surface area contributed by atoms with Crippen LogP contribution in [0.15, 0.2) is 24.3 Å². The molecule has 2 nitrogen and oxygen atoms in total. The fraction of sp³-hybridized carbons (Fsp3) is 0.667. The minimum Gasteiger partial charge on any atom is -0.311 e. The van der Waals surface area contributed by atoms with Gasteiger partial charge in [0.1, 0.15) is 0 Å². The van der Waals surface area contributed by atoms with Crippen LogP contribution in [0.25, 0.3) is 0 Å². The maximum atomic E-state index is 6.41. The summed E-state index contributed by atoms with van der Waals surface area (Å²) in [5.41, 5.74) is 1.25. The second-order valence-corrected chi connectivity index (χ2v) is 7.10. The van der Waals surface area contributed by atoms with Gasteiger partial charge in [0.15, 0.2) is 0 Å². The molecule has 1 aliphatic rings. The van der Waals surface area contributed by atoms with Gasteiger partial charge in [0.25, 0.3) is 0 Å². The van der Waals surface area contributed by atoms with E-state index in [-0.39, 0.29) is 0 Å². The van der Waals surface area contributed by atoms with Crippen LogP contribution >= 0.6 is 11.6 Å². The highest BCUT2D eigenvalue weighted by atomic mass is 35.5. The van der Waals surface area contributed by atoms with Gasteiger partial charge in [-0.05, 0) is 37.3 Å². The van der Waals surface area contributed by atoms with Crippen LogP contribution in [0.5, 0.6) is 0 Å². The van der Waals surface area contributed by atoms with Gasteiger partial charge in [-0.25, -0.2) is 0 Å². The summed E-state index contributed by atoms with van der Waals surface area (Å²) in [5, 5.41) is 4.62. The Bertz CT molecular complexity index is 447. The minimum atomic E-state index is 0.375.